The van der Waals surface area contributed by atoms with Gasteiger partial charge < -0.3 is 14.8 Å². The van der Waals surface area contributed by atoms with Gasteiger partial charge in [-0.25, -0.2) is 0 Å². The summed E-state index contributed by atoms with van der Waals surface area (Å²) in [7, 11) is 3.46. The summed E-state index contributed by atoms with van der Waals surface area (Å²) in [4.78, 5) is 5.44. The molecule has 19 heavy (non-hydrogen) atoms. The lowest BCUT2D eigenvalue weighted by Crippen LogP contribution is -2.36. The van der Waals surface area contributed by atoms with Gasteiger partial charge in [-0.2, -0.15) is 4.98 Å². The van der Waals surface area contributed by atoms with E-state index in [1.54, 1.807) is 25.6 Å². The third-order valence-corrected chi connectivity index (χ3v) is 4.56. The molecule has 1 aliphatic carbocycles. The van der Waals surface area contributed by atoms with Crippen LogP contribution in [0.2, 0.25) is 0 Å². The Balaban J connectivity index is 1.75. The fourth-order valence-corrected chi connectivity index (χ4v) is 3.53. The lowest BCUT2D eigenvalue weighted by Gasteiger charge is -2.19. The summed E-state index contributed by atoms with van der Waals surface area (Å²) < 4.78 is 13.0. The zero-order valence-corrected chi connectivity index (χ0v) is 12.1. The Hall–Kier alpha value is -1.11. The van der Waals surface area contributed by atoms with Crippen LogP contribution in [0, 0.1) is 0 Å². The number of imidazole rings is 1. The van der Waals surface area contributed by atoms with Crippen molar-refractivity contribution in [1.29, 1.82) is 0 Å². The number of methoxy groups -OCH3 is 2. The van der Waals surface area contributed by atoms with E-state index in [4.69, 9.17) is 9.47 Å². The summed E-state index contributed by atoms with van der Waals surface area (Å²) in [6.45, 7) is 0.756. The first kappa shape index (κ1) is 12.9. The normalized spacial score (nSPS) is 23.3. The second kappa shape index (κ2) is 5.48. The molecule has 2 atom stereocenters. The van der Waals surface area contributed by atoms with E-state index in [1.165, 1.54) is 12.8 Å². The van der Waals surface area contributed by atoms with Crippen LogP contribution in [-0.2, 0) is 11.3 Å². The number of ether oxygens (including phenoxy) is 2. The van der Waals surface area contributed by atoms with Crippen LogP contribution in [-0.4, -0.2) is 35.8 Å². The molecule has 2 unspecified atom stereocenters. The van der Waals surface area contributed by atoms with Crippen molar-refractivity contribution in [2.75, 3.05) is 14.2 Å². The minimum Gasteiger partial charge on any atom is -0.480 e. The zero-order valence-electron chi connectivity index (χ0n) is 11.3. The van der Waals surface area contributed by atoms with Gasteiger partial charge in [0.25, 0.3) is 0 Å². The Bertz CT molecular complexity index is 551. The van der Waals surface area contributed by atoms with Gasteiger partial charge in [0.05, 0.1) is 13.2 Å². The van der Waals surface area contributed by atoms with Crippen LogP contribution >= 0.6 is 11.3 Å². The summed E-state index contributed by atoms with van der Waals surface area (Å²) in [5.41, 5.74) is 1.08. The maximum Gasteiger partial charge on any atom is 0.237 e. The molecule has 0 amide bonds. The molecule has 2 aromatic heterocycles. The molecule has 2 aromatic rings. The molecular formula is C13H19N3O2S. The van der Waals surface area contributed by atoms with Crippen molar-refractivity contribution in [3.05, 3.63) is 17.3 Å². The second-order valence-corrected chi connectivity index (χ2v) is 5.69. The lowest BCUT2D eigenvalue weighted by molar-refractivity contribution is 0.0845. The monoisotopic (exact) mass is 281 g/mol. The maximum absolute atomic E-state index is 5.51. The number of aromatic nitrogens is 2. The van der Waals surface area contributed by atoms with Crippen LogP contribution < -0.4 is 10.1 Å². The number of rotatable bonds is 5. The van der Waals surface area contributed by atoms with Crippen LogP contribution in [0.25, 0.3) is 4.96 Å². The number of hydrogen-bond donors (Lipinski definition) is 1. The smallest absolute Gasteiger partial charge is 0.237 e. The highest BCUT2D eigenvalue weighted by Gasteiger charge is 2.27. The van der Waals surface area contributed by atoms with Gasteiger partial charge in [-0.3, -0.25) is 4.40 Å². The molecule has 0 aliphatic heterocycles. The topological polar surface area (TPSA) is 47.8 Å². The molecule has 0 radical (unpaired) electrons. The number of fused-ring (bicyclic) bond motifs is 1. The van der Waals surface area contributed by atoms with Gasteiger partial charge >= 0.3 is 0 Å². The van der Waals surface area contributed by atoms with E-state index in [0.29, 0.717) is 18.0 Å². The zero-order chi connectivity index (χ0) is 13.2. The molecule has 1 aliphatic rings. The minimum absolute atomic E-state index is 0.330. The minimum atomic E-state index is 0.330. The maximum atomic E-state index is 5.51. The first-order chi connectivity index (χ1) is 9.33. The van der Waals surface area contributed by atoms with Crippen molar-refractivity contribution in [3.8, 4) is 5.88 Å². The van der Waals surface area contributed by atoms with Crippen molar-refractivity contribution in [2.24, 2.45) is 0 Å². The molecule has 2 heterocycles. The molecule has 0 bridgehead atoms. The molecule has 6 heteroatoms. The highest BCUT2D eigenvalue weighted by molar-refractivity contribution is 7.15. The van der Waals surface area contributed by atoms with Gasteiger partial charge in [0, 0.05) is 31.3 Å². The van der Waals surface area contributed by atoms with Crippen LogP contribution in [0.5, 0.6) is 5.88 Å². The van der Waals surface area contributed by atoms with E-state index in [1.807, 2.05) is 11.6 Å². The van der Waals surface area contributed by atoms with Crippen molar-refractivity contribution < 1.29 is 9.47 Å². The Morgan fingerprint density at radius 1 is 1.47 bits per heavy atom. The van der Waals surface area contributed by atoms with Gasteiger partial charge in [-0.05, 0) is 19.3 Å². The van der Waals surface area contributed by atoms with Crippen LogP contribution in [0.15, 0.2) is 11.6 Å². The van der Waals surface area contributed by atoms with Gasteiger partial charge in [0.15, 0.2) is 4.96 Å². The second-order valence-electron chi connectivity index (χ2n) is 4.82. The first-order valence-corrected chi connectivity index (χ1v) is 7.46. The van der Waals surface area contributed by atoms with Crippen molar-refractivity contribution in [1.82, 2.24) is 14.7 Å². The van der Waals surface area contributed by atoms with E-state index in [0.717, 1.165) is 23.6 Å². The van der Waals surface area contributed by atoms with E-state index in [2.05, 4.69) is 14.7 Å². The molecule has 0 saturated heterocycles. The van der Waals surface area contributed by atoms with Crippen LogP contribution in [0.3, 0.4) is 0 Å². The molecule has 3 rings (SSSR count). The van der Waals surface area contributed by atoms with Gasteiger partial charge in [0.1, 0.15) is 5.69 Å². The molecule has 5 nitrogen and oxygen atoms in total. The third kappa shape index (κ3) is 2.35. The van der Waals surface area contributed by atoms with E-state index < -0.39 is 0 Å². The third-order valence-electron chi connectivity index (χ3n) is 3.80. The highest BCUT2D eigenvalue weighted by Crippen LogP contribution is 2.25. The fraction of sp³-hybridized carbons (Fsp3) is 0.615. The predicted octanol–water partition coefficient (Wildman–Crippen LogP) is 2.06. The van der Waals surface area contributed by atoms with Gasteiger partial charge in [0.2, 0.25) is 5.88 Å². The average molecular weight is 281 g/mol. The lowest BCUT2D eigenvalue weighted by atomic mass is 10.2. The average Bonchev–Trinajstić information content (AvgIpc) is 3.11. The van der Waals surface area contributed by atoms with Crippen LogP contribution in [0.4, 0.5) is 0 Å². The Morgan fingerprint density at radius 3 is 3.16 bits per heavy atom. The van der Waals surface area contributed by atoms with Crippen LogP contribution in [0.1, 0.15) is 25.0 Å². The SMILES string of the molecule is COc1nc2sccn2c1CNC1CCCC1OC. The molecular weight excluding hydrogens is 262 g/mol. The quantitative estimate of drug-likeness (QED) is 0.911. The summed E-state index contributed by atoms with van der Waals surface area (Å²) in [5.74, 6) is 0.714. The first-order valence-electron chi connectivity index (χ1n) is 6.58. The molecule has 1 fully saturated rings. The standard InChI is InChI=1S/C13H19N3O2S/c1-17-11-5-3-4-9(11)14-8-10-12(18-2)15-13-16(10)6-7-19-13/h6-7,9,11,14H,3-5,8H2,1-2H3. The van der Waals surface area contributed by atoms with Crippen molar-refractivity contribution in [2.45, 2.75) is 38.0 Å². The summed E-state index contributed by atoms with van der Waals surface area (Å²) in [6.07, 6.45) is 5.91. The number of nitrogens with one attached hydrogen (secondary N) is 1. The Morgan fingerprint density at radius 2 is 2.37 bits per heavy atom. The summed E-state index contributed by atoms with van der Waals surface area (Å²) in [6, 6.07) is 0.430. The molecule has 104 valence electrons. The molecule has 1 N–H and O–H groups in total. The summed E-state index contributed by atoms with van der Waals surface area (Å²) in [5, 5.41) is 5.62. The van der Waals surface area contributed by atoms with Crippen molar-refractivity contribution >= 4 is 16.3 Å². The Kier molecular flexibility index (Phi) is 3.72. The summed E-state index contributed by atoms with van der Waals surface area (Å²) >= 11 is 1.62. The number of thiazole rings is 1. The molecule has 1 saturated carbocycles. The van der Waals surface area contributed by atoms with Gasteiger partial charge in [-0.1, -0.05) is 0 Å². The number of hydrogen-bond acceptors (Lipinski definition) is 5. The van der Waals surface area contributed by atoms with E-state index >= 15 is 0 Å². The molecule has 0 aromatic carbocycles. The highest BCUT2D eigenvalue weighted by atomic mass is 32.1. The fourth-order valence-electron chi connectivity index (χ4n) is 2.81. The molecule has 0 spiro atoms. The largest absolute Gasteiger partial charge is 0.480 e. The predicted molar refractivity (Wildman–Crippen MR) is 74.9 cm³/mol. The van der Waals surface area contributed by atoms with Gasteiger partial charge in [-0.15, -0.1) is 11.3 Å². The van der Waals surface area contributed by atoms with Crippen molar-refractivity contribution in [3.63, 3.8) is 0 Å². The number of nitrogens with zero attached hydrogens (tertiary/aromatic N) is 2. The van der Waals surface area contributed by atoms with E-state index in [9.17, 15) is 0 Å². The van der Waals surface area contributed by atoms with E-state index in [-0.39, 0.29) is 0 Å². The Labute approximate surface area is 116 Å².